The van der Waals surface area contributed by atoms with Crippen molar-refractivity contribution in [2.24, 2.45) is 0 Å². The van der Waals surface area contributed by atoms with Crippen LogP contribution in [0.3, 0.4) is 0 Å². The van der Waals surface area contributed by atoms with Gasteiger partial charge in [-0.2, -0.15) is 0 Å². The van der Waals surface area contributed by atoms with Gasteiger partial charge in [-0.15, -0.1) is 11.8 Å². The molecule has 0 radical (unpaired) electrons. The standard InChI is InChI=1S/C11H13NO3S/c1-8(16-7-10(13)14)11(15)12-9-5-3-2-4-6-9/h2-6,8H,7H2,1H3,(H,12,15)(H,13,14)/t8-/m1/s1. The Hall–Kier alpha value is -1.49. The van der Waals surface area contributed by atoms with Crippen molar-refractivity contribution >= 4 is 29.3 Å². The fourth-order valence-corrected chi connectivity index (χ4v) is 1.64. The van der Waals surface area contributed by atoms with E-state index in [0.717, 1.165) is 17.4 Å². The molecule has 1 aromatic carbocycles. The lowest BCUT2D eigenvalue weighted by Gasteiger charge is -2.10. The summed E-state index contributed by atoms with van der Waals surface area (Å²) >= 11 is 1.10. The number of para-hydroxylation sites is 1. The number of thioether (sulfide) groups is 1. The summed E-state index contributed by atoms with van der Waals surface area (Å²) in [4.78, 5) is 21.9. The molecule has 0 bridgehead atoms. The van der Waals surface area contributed by atoms with Gasteiger partial charge in [0.25, 0.3) is 0 Å². The zero-order valence-corrected chi connectivity index (χ0v) is 9.66. The zero-order chi connectivity index (χ0) is 12.0. The molecule has 0 aromatic heterocycles. The van der Waals surface area contributed by atoms with Crippen LogP contribution in [-0.2, 0) is 9.59 Å². The minimum Gasteiger partial charge on any atom is -0.481 e. The van der Waals surface area contributed by atoms with Crippen molar-refractivity contribution in [1.82, 2.24) is 0 Å². The molecule has 2 N–H and O–H groups in total. The first-order chi connectivity index (χ1) is 7.59. The smallest absolute Gasteiger partial charge is 0.313 e. The highest BCUT2D eigenvalue weighted by atomic mass is 32.2. The molecule has 1 amide bonds. The minimum absolute atomic E-state index is 0.0661. The zero-order valence-electron chi connectivity index (χ0n) is 8.84. The topological polar surface area (TPSA) is 66.4 Å². The first-order valence-corrected chi connectivity index (χ1v) is 5.84. The third-order valence-corrected chi connectivity index (χ3v) is 3.00. The number of carboxylic acid groups (broad SMARTS) is 1. The predicted octanol–water partition coefficient (Wildman–Crippen LogP) is 1.83. The summed E-state index contributed by atoms with van der Waals surface area (Å²) in [7, 11) is 0. The molecule has 5 heteroatoms. The monoisotopic (exact) mass is 239 g/mol. The van der Waals surface area contributed by atoms with E-state index in [2.05, 4.69) is 5.32 Å². The highest BCUT2D eigenvalue weighted by Crippen LogP contribution is 2.13. The Morgan fingerprint density at radius 1 is 1.38 bits per heavy atom. The number of benzene rings is 1. The molecule has 0 aliphatic rings. The molecule has 16 heavy (non-hydrogen) atoms. The van der Waals surface area contributed by atoms with Crippen LogP contribution in [0.4, 0.5) is 5.69 Å². The van der Waals surface area contributed by atoms with Gasteiger partial charge >= 0.3 is 5.97 Å². The lowest BCUT2D eigenvalue weighted by Crippen LogP contribution is -2.23. The van der Waals surface area contributed by atoms with Gasteiger partial charge in [0.15, 0.2) is 0 Å². The van der Waals surface area contributed by atoms with Gasteiger partial charge in [-0.1, -0.05) is 18.2 Å². The maximum Gasteiger partial charge on any atom is 0.313 e. The van der Waals surface area contributed by atoms with Crippen LogP contribution >= 0.6 is 11.8 Å². The largest absolute Gasteiger partial charge is 0.481 e. The first kappa shape index (κ1) is 12.6. The van der Waals surface area contributed by atoms with E-state index in [9.17, 15) is 9.59 Å². The van der Waals surface area contributed by atoms with Gasteiger partial charge < -0.3 is 10.4 Å². The summed E-state index contributed by atoms with van der Waals surface area (Å²) in [6, 6.07) is 9.08. The Morgan fingerprint density at radius 2 is 2.00 bits per heavy atom. The summed E-state index contributed by atoms with van der Waals surface area (Å²) in [6.07, 6.45) is 0. The van der Waals surface area contributed by atoms with Gasteiger partial charge in [0.1, 0.15) is 0 Å². The van der Waals surface area contributed by atoms with Crippen LogP contribution in [0.1, 0.15) is 6.92 Å². The van der Waals surface area contributed by atoms with Crippen molar-refractivity contribution in [2.75, 3.05) is 11.1 Å². The van der Waals surface area contributed by atoms with Gasteiger partial charge in [-0.25, -0.2) is 0 Å². The average Bonchev–Trinajstić information content (AvgIpc) is 2.27. The molecule has 1 atom stereocenters. The van der Waals surface area contributed by atoms with E-state index in [1.807, 2.05) is 18.2 Å². The Kier molecular flexibility index (Phi) is 4.85. The Bertz CT molecular complexity index is 367. The molecule has 0 aliphatic carbocycles. The summed E-state index contributed by atoms with van der Waals surface area (Å²) in [5.74, 6) is -1.16. The van der Waals surface area contributed by atoms with Crippen LogP contribution in [0.5, 0.6) is 0 Å². The molecule has 1 rings (SSSR count). The van der Waals surface area contributed by atoms with Gasteiger partial charge in [0.2, 0.25) is 5.91 Å². The summed E-state index contributed by atoms with van der Waals surface area (Å²) < 4.78 is 0. The Morgan fingerprint density at radius 3 is 2.56 bits per heavy atom. The quantitative estimate of drug-likeness (QED) is 0.822. The van der Waals surface area contributed by atoms with Gasteiger partial charge in [-0.3, -0.25) is 9.59 Å². The van der Waals surface area contributed by atoms with Crippen molar-refractivity contribution in [2.45, 2.75) is 12.2 Å². The van der Waals surface area contributed by atoms with E-state index >= 15 is 0 Å². The predicted molar refractivity (Wildman–Crippen MR) is 64.6 cm³/mol. The second-order valence-corrected chi connectivity index (χ2v) is 4.53. The molecule has 0 aliphatic heterocycles. The van der Waals surface area contributed by atoms with Crippen molar-refractivity contribution in [3.05, 3.63) is 30.3 Å². The second-order valence-electron chi connectivity index (χ2n) is 3.20. The number of carboxylic acids is 1. The van der Waals surface area contributed by atoms with Crippen LogP contribution in [0.15, 0.2) is 30.3 Å². The number of carbonyl (C=O) groups excluding carboxylic acids is 1. The van der Waals surface area contributed by atoms with Gasteiger partial charge in [0.05, 0.1) is 11.0 Å². The lowest BCUT2D eigenvalue weighted by atomic mass is 10.3. The van der Waals surface area contributed by atoms with Crippen molar-refractivity contribution < 1.29 is 14.7 Å². The fraction of sp³-hybridized carbons (Fsp3) is 0.273. The summed E-state index contributed by atoms with van der Waals surface area (Å²) in [5, 5.41) is 10.8. The molecule has 0 saturated heterocycles. The molecule has 0 fully saturated rings. The van der Waals surface area contributed by atoms with E-state index in [-0.39, 0.29) is 16.9 Å². The number of hydrogen-bond donors (Lipinski definition) is 2. The number of hydrogen-bond acceptors (Lipinski definition) is 3. The molecular weight excluding hydrogens is 226 g/mol. The molecule has 86 valence electrons. The molecule has 0 unspecified atom stereocenters. The highest BCUT2D eigenvalue weighted by Gasteiger charge is 2.14. The normalized spacial score (nSPS) is 11.8. The maximum atomic E-state index is 11.6. The van der Waals surface area contributed by atoms with Crippen molar-refractivity contribution in [1.29, 1.82) is 0 Å². The summed E-state index contributed by atoms with van der Waals surface area (Å²) in [5.41, 5.74) is 0.718. The van der Waals surface area contributed by atoms with E-state index in [1.54, 1.807) is 19.1 Å². The molecule has 0 heterocycles. The number of amides is 1. The van der Waals surface area contributed by atoms with Crippen LogP contribution in [0, 0.1) is 0 Å². The maximum absolute atomic E-state index is 11.6. The molecule has 1 aromatic rings. The number of rotatable bonds is 5. The van der Waals surface area contributed by atoms with E-state index < -0.39 is 5.97 Å². The number of anilines is 1. The first-order valence-electron chi connectivity index (χ1n) is 4.79. The third-order valence-electron chi connectivity index (χ3n) is 1.87. The van der Waals surface area contributed by atoms with Gasteiger partial charge in [-0.05, 0) is 19.1 Å². The highest BCUT2D eigenvalue weighted by molar-refractivity contribution is 8.01. The summed E-state index contributed by atoms with van der Waals surface area (Å²) in [6.45, 7) is 1.69. The number of carbonyl (C=O) groups is 2. The third kappa shape index (κ3) is 4.35. The Balaban J connectivity index is 2.43. The molecular formula is C11H13NO3S. The second kappa shape index (κ2) is 6.17. The average molecular weight is 239 g/mol. The van der Waals surface area contributed by atoms with E-state index in [4.69, 9.17) is 5.11 Å². The molecule has 0 saturated carbocycles. The van der Waals surface area contributed by atoms with Crippen molar-refractivity contribution in [3.63, 3.8) is 0 Å². The molecule has 4 nitrogen and oxygen atoms in total. The van der Waals surface area contributed by atoms with Crippen LogP contribution in [-0.4, -0.2) is 28.0 Å². The fourth-order valence-electron chi connectivity index (χ4n) is 1.04. The van der Waals surface area contributed by atoms with E-state index in [1.165, 1.54) is 0 Å². The number of aliphatic carboxylic acids is 1. The van der Waals surface area contributed by atoms with Crippen LogP contribution < -0.4 is 5.32 Å². The Labute approximate surface area is 98.0 Å². The van der Waals surface area contributed by atoms with Gasteiger partial charge in [0, 0.05) is 5.69 Å². The lowest BCUT2D eigenvalue weighted by molar-refractivity contribution is -0.133. The van der Waals surface area contributed by atoms with Crippen molar-refractivity contribution in [3.8, 4) is 0 Å². The SMILES string of the molecule is C[C@@H](SCC(=O)O)C(=O)Nc1ccccc1. The molecule has 0 spiro atoms. The van der Waals surface area contributed by atoms with E-state index in [0.29, 0.717) is 0 Å². The minimum atomic E-state index is -0.913. The van der Waals surface area contributed by atoms with Crippen LogP contribution in [0.2, 0.25) is 0 Å². The number of nitrogens with one attached hydrogen (secondary N) is 1. The van der Waals surface area contributed by atoms with Crippen LogP contribution in [0.25, 0.3) is 0 Å².